The van der Waals surface area contributed by atoms with Crippen LogP contribution in [0.15, 0.2) is 40.9 Å². The Morgan fingerprint density at radius 3 is 2.85 bits per heavy atom. The van der Waals surface area contributed by atoms with Crippen LogP contribution in [0, 0.1) is 0 Å². The Morgan fingerprint density at radius 1 is 1.33 bits per heavy atom. The normalized spacial score (nSPS) is 11.0. The highest BCUT2D eigenvalue weighted by Crippen LogP contribution is 2.36. The third-order valence-electron chi connectivity index (χ3n) is 4.14. The molecule has 4 aromatic rings. The number of carbonyl (C=O) groups excluding carboxylic acids is 1. The van der Waals surface area contributed by atoms with Gasteiger partial charge in [0.15, 0.2) is 13.0 Å². The summed E-state index contributed by atoms with van der Waals surface area (Å²) in [6.45, 7) is 0. The summed E-state index contributed by atoms with van der Waals surface area (Å²) in [5.41, 5.74) is 7.85. The lowest BCUT2D eigenvalue weighted by atomic mass is 10.1. The number of thiophene rings is 1. The molecule has 4 rings (SSSR count). The standard InChI is InChI=1S/C18H14N4O4S/c1-22-14(18(24)26-21-22)15(23)16-13(19)11-6-7-12(20-17(11)27-16)9-4-3-5-10(8-9)25-2/h3-8H,1-2H3,(H2-,19,21,23,24). The van der Waals surface area contributed by atoms with Gasteiger partial charge in [0.1, 0.15) is 15.5 Å². The number of fused-ring (bicyclic) bond motifs is 1. The first-order valence-corrected chi connectivity index (χ1v) is 8.72. The maximum atomic E-state index is 12.7. The molecule has 0 bridgehead atoms. The van der Waals surface area contributed by atoms with E-state index in [2.05, 4.69) is 14.8 Å². The summed E-state index contributed by atoms with van der Waals surface area (Å²) in [4.78, 5) is 18.2. The number of pyridine rings is 1. The summed E-state index contributed by atoms with van der Waals surface area (Å²) in [5, 5.41) is 15.9. The smallest absolute Gasteiger partial charge is 0.305 e. The number of hydrogen-bond donors (Lipinski definition) is 1. The number of carbonyl (C=O) groups is 1. The van der Waals surface area contributed by atoms with Crippen molar-refractivity contribution in [1.82, 2.24) is 10.3 Å². The highest BCUT2D eigenvalue weighted by atomic mass is 32.1. The Balaban J connectivity index is 1.81. The van der Waals surface area contributed by atoms with Gasteiger partial charge in [-0.2, -0.15) is 0 Å². The highest BCUT2D eigenvalue weighted by molar-refractivity contribution is 7.21. The maximum absolute atomic E-state index is 12.7. The minimum Gasteiger partial charge on any atom is -0.539 e. The molecule has 3 heterocycles. The average Bonchev–Trinajstić information content (AvgIpc) is 3.20. The molecular formula is C18H14N4O4S. The minimum absolute atomic E-state index is 0.179. The molecule has 2 N–H and O–H groups in total. The van der Waals surface area contributed by atoms with Crippen molar-refractivity contribution in [3.05, 3.63) is 47.0 Å². The third kappa shape index (κ3) is 2.77. The van der Waals surface area contributed by atoms with E-state index in [0.717, 1.165) is 33.0 Å². The number of hydrogen-bond acceptors (Lipinski definition) is 8. The van der Waals surface area contributed by atoms with Crippen LogP contribution in [0.25, 0.3) is 21.5 Å². The van der Waals surface area contributed by atoms with Crippen molar-refractivity contribution in [2.75, 3.05) is 12.8 Å². The minimum atomic E-state index is -0.801. The zero-order chi connectivity index (χ0) is 19.1. The summed E-state index contributed by atoms with van der Waals surface area (Å²) in [5.74, 6) is -0.615. The molecule has 0 atom stereocenters. The first-order chi connectivity index (χ1) is 13.0. The zero-order valence-electron chi connectivity index (χ0n) is 14.4. The van der Waals surface area contributed by atoms with E-state index in [-0.39, 0.29) is 16.3 Å². The van der Waals surface area contributed by atoms with Gasteiger partial charge in [-0.25, -0.2) is 4.98 Å². The number of methoxy groups -OCH3 is 1. The number of benzene rings is 1. The van der Waals surface area contributed by atoms with Crippen LogP contribution in [0.2, 0.25) is 0 Å². The van der Waals surface area contributed by atoms with Crippen LogP contribution in [-0.4, -0.2) is 23.1 Å². The Morgan fingerprint density at radius 2 is 2.15 bits per heavy atom. The summed E-state index contributed by atoms with van der Waals surface area (Å²) in [6, 6.07) is 11.2. The van der Waals surface area contributed by atoms with E-state index in [9.17, 15) is 9.90 Å². The summed E-state index contributed by atoms with van der Waals surface area (Å²) >= 11 is 1.13. The third-order valence-corrected chi connectivity index (χ3v) is 5.26. The van der Waals surface area contributed by atoms with E-state index in [1.54, 1.807) is 7.11 Å². The second-order valence-corrected chi connectivity index (χ2v) is 6.79. The number of nitrogen functional groups attached to an aromatic ring is 1. The van der Waals surface area contributed by atoms with Gasteiger partial charge in [0, 0.05) is 10.9 Å². The SMILES string of the molecule is COc1cccc(-c2ccc3c(N)c(C(=O)c4c([O-])on[n+]4C)sc3n2)c1. The van der Waals surface area contributed by atoms with Crippen LogP contribution in [0.5, 0.6) is 11.7 Å². The Hall–Kier alpha value is -3.46. The summed E-state index contributed by atoms with van der Waals surface area (Å²) in [6.07, 6.45) is 0. The second-order valence-electron chi connectivity index (χ2n) is 5.79. The topological polar surface area (TPSA) is 118 Å². The van der Waals surface area contributed by atoms with Gasteiger partial charge in [-0.05, 0) is 24.3 Å². The van der Waals surface area contributed by atoms with Crippen LogP contribution in [-0.2, 0) is 7.05 Å². The first kappa shape index (κ1) is 17.0. The predicted octanol–water partition coefficient (Wildman–Crippen LogP) is 1.67. The molecule has 0 saturated heterocycles. The van der Waals surface area contributed by atoms with Gasteiger partial charge in [0.05, 0.1) is 23.8 Å². The molecule has 136 valence electrons. The van der Waals surface area contributed by atoms with E-state index in [4.69, 9.17) is 10.5 Å². The fraction of sp³-hybridized carbons (Fsp3) is 0.111. The van der Waals surface area contributed by atoms with Gasteiger partial charge in [0.25, 0.3) is 5.78 Å². The van der Waals surface area contributed by atoms with Crippen LogP contribution in [0.4, 0.5) is 5.69 Å². The van der Waals surface area contributed by atoms with E-state index >= 15 is 0 Å². The van der Waals surface area contributed by atoms with Crippen molar-refractivity contribution in [3.63, 3.8) is 0 Å². The molecule has 0 aliphatic rings. The molecule has 0 amide bonds. The van der Waals surface area contributed by atoms with Crippen LogP contribution in [0.1, 0.15) is 15.4 Å². The molecular weight excluding hydrogens is 368 g/mol. The predicted molar refractivity (Wildman–Crippen MR) is 96.6 cm³/mol. The van der Waals surface area contributed by atoms with Crippen molar-refractivity contribution in [3.8, 4) is 23.0 Å². The van der Waals surface area contributed by atoms with Crippen LogP contribution < -0.4 is 20.3 Å². The number of rotatable bonds is 4. The number of anilines is 1. The molecule has 9 heteroatoms. The molecule has 8 nitrogen and oxygen atoms in total. The molecule has 0 fully saturated rings. The number of ketones is 1. The lowest BCUT2D eigenvalue weighted by Crippen LogP contribution is -2.37. The molecule has 0 aliphatic heterocycles. The van der Waals surface area contributed by atoms with Gasteiger partial charge in [-0.1, -0.05) is 16.8 Å². The fourth-order valence-corrected chi connectivity index (χ4v) is 3.81. The highest BCUT2D eigenvalue weighted by Gasteiger charge is 2.28. The number of aryl methyl sites for hydroxylation is 1. The van der Waals surface area contributed by atoms with Crippen molar-refractivity contribution < 1.29 is 23.8 Å². The van der Waals surface area contributed by atoms with E-state index in [1.165, 1.54) is 7.05 Å². The van der Waals surface area contributed by atoms with Gasteiger partial charge in [-0.3, -0.25) is 4.79 Å². The Bertz CT molecular complexity index is 1160. The molecule has 0 radical (unpaired) electrons. The molecule has 27 heavy (non-hydrogen) atoms. The van der Waals surface area contributed by atoms with Gasteiger partial charge in [0.2, 0.25) is 0 Å². The van der Waals surface area contributed by atoms with Gasteiger partial charge >= 0.3 is 5.69 Å². The largest absolute Gasteiger partial charge is 0.539 e. The molecule has 1 aromatic carbocycles. The number of aromatic nitrogens is 3. The fourth-order valence-electron chi connectivity index (χ4n) is 2.77. The van der Waals surface area contributed by atoms with Gasteiger partial charge < -0.3 is 20.1 Å². The van der Waals surface area contributed by atoms with Crippen molar-refractivity contribution in [2.45, 2.75) is 0 Å². The Labute approximate surface area is 157 Å². The zero-order valence-corrected chi connectivity index (χ0v) is 15.2. The number of ether oxygens (including phenoxy) is 1. The molecule has 3 aromatic heterocycles. The molecule has 0 aliphatic carbocycles. The number of nitrogens with zero attached hydrogens (tertiary/aromatic N) is 3. The maximum Gasteiger partial charge on any atom is 0.305 e. The van der Waals surface area contributed by atoms with Crippen LogP contribution >= 0.6 is 11.3 Å². The Kier molecular flexibility index (Phi) is 4.00. The second kappa shape index (κ2) is 6.36. The first-order valence-electron chi connectivity index (χ1n) is 7.90. The summed E-state index contributed by atoms with van der Waals surface area (Å²) in [7, 11) is 3.06. The molecule has 0 unspecified atom stereocenters. The average molecular weight is 382 g/mol. The van der Waals surface area contributed by atoms with Crippen LogP contribution in [0.3, 0.4) is 0 Å². The lowest BCUT2D eigenvalue weighted by molar-refractivity contribution is -0.741. The lowest BCUT2D eigenvalue weighted by Gasteiger charge is -2.04. The van der Waals surface area contributed by atoms with Crippen molar-refractivity contribution in [1.29, 1.82) is 0 Å². The van der Waals surface area contributed by atoms with E-state index in [1.807, 2.05) is 36.4 Å². The quantitative estimate of drug-likeness (QED) is 0.421. The molecule has 0 spiro atoms. The van der Waals surface area contributed by atoms with E-state index < -0.39 is 11.7 Å². The van der Waals surface area contributed by atoms with E-state index in [0.29, 0.717) is 10.2 Å². The van der Waals surface area contributed by atoms with Gasteiger partial charge in [-0.15, -0.1) is 11.3 Å². The van der Waals surface area contributed by atoms with Crippen molar-refractivity contribution >= 4 is 33.0 Å². The monoisotopic (exact) mass is 382 g/mol. The number of nitrogens with two attached hydrogens (primary N) is 1. The van der Waals surface area contributed by atoms with Crippen molar-refractivity contribution in [2.24, 2.45) is 7.05 Å². The summed E-state index contributed by atoms with van der Waals surface area (Å²) < 4.78 is 10.9. The molecule has 0 saturated carbocycles.